The van der Waals surface area contributed by atoms with Gasteiger partial charge in [0.2, 0.25) is 10.0 Å². The molecule has 6 N–H and O–H groups in total. The lowest BCUT2D eigenvalue weighted by molar-refractivity contribution is -0.138. The number of aryl methyl sites for hydroxylation is 3. The van der Waals surface area contributed by atoms with Crippen molar-refractivity contribution in [3.63, 3.8) is 0 Å². The van der Waals surface area contributed by atoms with E-state index in [0.717, 1.165) is 5.56 Å². The number of oxime groups is 1. The quantitative estimate of drug-likeness (QED) is 0.247. The van der Waals surface area contributed by atoms with E-state index in [1.807, 2.05) is 6.92 Å². The minimum absolute atomic E-state index is 0.0241. The number of amides is 1. The molecule has 2 aliphatic heterocycles. The second kappa shape index (κ2) is 10.5. The van der Waals surface area contributed by atoms with Crippen LogP contribution in [0, 0.1) is 20.8 Å². The maximum Gasteiger partial charge on any atom is 0.323 e. The molecule has 2 aromatic rings. The first-order valence-electron chi connectivity index (χ1n) is 11.8. The first-order chi connectivity index (χ1) is 17.5. The number of carboxylic acids is 1. The summed E-state index contributed by atoms with van der Waals surface area (Å²) < 4.78 is 28.2. The van der Waals surface area contributed by atoms with Crippen LogP contribution in [0.4, 0.5) is 5.95 Å². The molecule has 2 aliphatic rings. The summed E-state index contributed by atoms with van der Waals surface area (Å²) in [5, 5.41) is 22.5. The number of imidazole rings is 1. The summed E-state index contributed by atoms with van der Waals surface area (Å²) >= 11 is 0. The van der Waals surface area contributed by atoms with Gasteiger partial charge in [-0.3, -0.25) is 9.59 Å². The number of aromatic amines is 1. The average molecular weight is 534 g/mol. The van der Waals surface area contributed by atoms with Crippen LogP contribution in [-0.4, -0.2) is 78.4 Å². The zero-order valence-corrected chi connectivity index (χ0v) is 21.6. The highest BCUT2D eigenvalue weighted by molar-refractivity contribution is 7.89. The van der Waals surface area contributed by atoms with E-state index in [9.17, 15) is 23.1 Å². The van der Waals surface area contributed by atoms with Crippen molar-refractivity contribution in [2.45, 2.75) is 56.2 Å². The van der Waals surface area contributed by atoms with E-state index >= 15 is 0 Å². The molecule has 0 bridgehead atoms. The second-order valence-electron chi connectivity index (χ2n) is 9.54. The van der Waals surface area contributed by atoms with Crippen LogP contribution < -0.4 is 20.7 Å². The number of benzene rings is 1. The van der Waals surface area contributed by atoms with Crippen LogP contribution in [0.15, 0.2) is 34.6 Å². The first kappa shape index (κ1) is 26.6. The molecule has 1 aromatic heterocycles. The monoisotopic (exact) mass is 533 g/mol. The van der Waals surface area contributed by atoms with E-state index in [-0.39, 0.29) is 23.1 Å². The van der Waals surface area contributed by atoms with Crippen molar-refractivity contribution in [3.8, 4) is 0 Å². The van der Waals surface area contributed by atoms with Gasteiger partial charge in [0.15, 0.2) is 11.5 Å². The van der Waals surface area contributed by atoms with Gasteiger partial charge in [-0.1, -0.05) is 22.9 Å². The number of hydrogen-bond acceptors (Lipinski definition) is 9. The fourth-order valence-electron chi connectivity index (χ4n) is 4.81. The number of nitrogens with zero attached hydrogens (tertiary/aromatic N) is 2. The number of aliphatic carboxylic acids is 1. The van der Waals surface area contributed by atoms with Crippen LogP contribution in [-0.2, 0) is 24.4 Å². The molecule has 1 amide bonds. The molecule has 1 spiro atoms. The lowest BCUT2D eigenvalue weighted by atomic mass is 9.94. The number of sulfonamides is 1. The molecule has 3 heterocycles. The zero-order valence-electron chi connectivity index (χ0n) is 20.8. The molecular weight excluding hydrogens is 502 g/mol. The lowest BCUT2D eigenvalue weighted by Crippen LogP contribution is -2.49. The van der Waals surface area contributed by atoms with Crippen molar-refractivity contribution in [1.29, 1.82) is 0 Å². The predicted molar refractivity (Wildman–Crippen MR) is 135 cm³/mol. The van der Waals surface area contributed by atoms with Crippen LogP contribution in [0.1, 0.15) is 29.5 Å². The third kappa shape index (κ3) is 6.09. The third-order valence-corrected chi connectivity index (χ3v) is 8.16. The van der Waals surface area contributed by atoms with E-state index in [0.29, 0.717) is 36.6 Å². The molecule has 0 saturated carbocycles. The zero-order chi connectivity index (χ0) is 26.8. The smallest absolute Gasteiger partial charge is 0.323 e. The number of rotatable bonds is 10. The maximum atomic E-state index is 13.0. The van der Waals surface area contributed by atoms with Crippen molar-refractivity contribution >= 4 is 33.6 Å². The Morgan fingerprint density at radius 2 is 2.00 bits per heavy atom. The summed E-state index contributed by atoms with van der Waals surface area (Å²) in [5.74, 6) is -1.37. The molecule has 1 fully saturated rings. The van der Waals surface area contributed by atoms with Crippen molar-refractivity contribution < 1.29 is 28.0 Å². The Bertz CT molecular complexity index is 1290. The summed E-state index contributed by atoms with van der Waals surface area (Å²) in [5.41, 5.74) is 1.35. The van der Waals surface area contributed by atoms with E-state index in [1.54, 1.807) is 38.4 Å². The summed E-state index contributed by atoms with van der Waals surface area (Å²) in [6.45, 7) is 5.77. The van der Waals surface area contributed by atoms with Gasteiger partial charge >= 0.3 is 5.97 Å². The molecule has 200 valence electrons. The number of nitrogens with one attached hydrogen (secondary N) is 5. The molecule has 4 rings (SSSR count). The van der Waals surface area contributed by atoms with E-state index in [2.05, 4.69) is 35.8 Å². The normalized spacial score (nSPS) is 21.9. The van der Waals surface area contributed by atoms with Gasteiger partial charge in [-0.2, -0.15) is 4.72 Å². The van der Waals surface area contributed by atoms with Gasteiger partial charge < -0.3 is 30.9 Å². The summed E-state index contributed by atoms with van der Waals surface area (Å²) in [6, 6.07) is 1.92. The highest BCUT2D eigenvalue weighted by Gasteiger charge is 2.47. The maximum absolute atomic E-state index is 13.0. The van der Waals surface area contributed by atoms with Crippen molar-refractivity contribution in [2.75, 3.05) is 25.0 Å². The minimum Gasteiger partial charge on any atom is -0.480 e. The Kier molecular flexibility index (Phi) is 7.52. The van der Waals surface area contributed by atoms with E-state index in [1.165, 1.54) is 0 Å². The van der Waals surface area contributed by atoms with Crippen molar-refractivity contribution in [3.05, 3.63) is 41.2 Å². The van der Waals surface area contributed by atoms with Gasteiger partial charge in [0.25, 0.3) is 5.91 Å². The average Bonchev–Trinajstić information content (AvgIpc) is 3.56. The van der Waals surface area contributed by atoms with Crippen LogP contribution in [0.2, 0.25) is 0 Å². The Morgan fingerprint density at radius 3 is 2.65 bits per heavy atom. The molecule has 37 heavy (non-hydrogen) atoms. The van der Waals surface area contributed by atoms with Gasteiger partial charge in [0, 0.05) is 50.9 Å². The Hall–Kier alpha value is -3.49. The molecule has 14 heteroatoms. The molecule has 3 atom stereocenters. The fourth-order valence-corrected chi connectivity index (χ4v) is 6.45. The SMILES string of the molecule is Cc1cc(C)c(S(=O)(=O)N[C@@H](CNC(=O)C2=NO[C@]3(CN[C@H](CNc4ncc[nH]4)C3)C2)C(=O)O)c(C)c1. The number of anilines is 1. The predicted octanol–water partition coefficient (Wildman–Crippen LogP) is 0.172. The lowest BCUT2D eigenvalue weighted by Gasteiger charge is -2.19. The molecule has 0 radical (unpaired) electrons. The van der Waals surface area contributed by atoms with Crippen LogP contribution in [0.3, 0.4) is 0 Å². The van der Waals surface area contributed by atoms with Gasteiger partial charge in [-0.25, -0.2) is 13.4 Å². The minimum atomic E-state index is -4.15. The molecule has 13 nitrogen and oxygen atoms in total. The highest BCUT2D eigenvalue weighted by atomic mass is 32.2. The highest BCUT2D eigenvalue weighted by Crippen LogP contribution is 2.32. The molecule has 1 saturated heterocycles. The number of H-pyrrole nitrogens is 1. The summed E-state index contributed by atoms with van der Waals surface area (Å²) in [7, 11) is -4.15. The number of carbonyl (C=O) groups excluding carboxylic acids is 1. The topological polar surface area (TPSA) is 187 Å². The van der Waals surface area contributed by atoms with Crippen LogP contribution in [0.25, 0.3) is 0 Å². The molecular formula is C23H31N7O6S. The standard InChI is InChI=1S/C23H31N7O6S/c1-13-6-14(2)19(15(3)7-13)37(34,35)30-18(21(32)33)11-26-20(31)17-9-23(36-29-17)8-16(28-12-23)10-27-22-24-4-5-25-22/h4-7,16,18,28,30H,8-12H2,1-3H3,(H,26,31)(H,32,33)(H2,24,25,27)/t16-,18-,23-/m0/s1. The molecule has 0 unspecified atom stereocenters. The van der Waals surface area contributed by atoms with Crippen molar-refractivity contribution in [1.82, 2.24) is 25.3 Å². The van der Waals surface area contributed by atoms with Crippen LogP contribution in [0.5, 0.6) is 0 Å². The molecule has 0 aliphatic carbocycles. The number of carbonyl (C=O) groups is 2. The summed E-state index contributed by atoms with van der Waals surface area (Å²) in [4.78, 5) is 37.2. The third-order valence-electron chi connectivity index (χ3n) is 6.38. The first-order valence-corrected chi connectivity index (χ1v) is 13.3. The van der Waals surface area contributed by atoms with Crippen LogP contribution >= 0.6 is 0 Å². The van der Waals surface area contributed by atoms with Gasteiger partial charge in [0.1, 0.15) is 11.8 Å². The second-order valence-corrected chi connectivity index (χ2v) is 11.2. The van der Waals surface area contributed by atoms with E-state index in [4.69, 9.17) is 4.84 Å². The van der Waals surface area contributed by atoms with Gasteiger partial charge in [-0.15, -0.1) is 0 Å². The number of aromatic nitrogens is 2. The Balaban J connectivity index is 1.32. The Morgan fingerprint density at radius 1 is 1.27 bits per heavy atom. The van der Waals surface area contributed by atoms with Crippen molar-refractivity contribution in [2.24, 2.45) is 5.16 Å². The number of hydrogen-bond donors (Lipinski definition) is 6. The Labute approximate surface area is 214 Å². The van der Waals surface area contributed by atoms with E-state index < -0.39 is 40.1 Å². The fraction of sp³-hybridized carbons (Fsp3) is 0.478. The van der Waals surface area contributed by atoms with Gasteiger partial charge in [-0.05, 0) is 31.9 Å². The van der Waals surface area contributed by atoms with Gasteiger partial charge in [0.05, 0.1) is 4.90 Å². The molecule has 1 aromatic carbocycles. The summed E-state index contributed by atoms with van der Waals surface area (Å²) in [6.07, 6.45) is 4.21. The number of carboxylic acid groups (broad SMARTS) is 1. The largest absolute Gasteiger partial charge is 0.480 e.